The molecule has 4 rings (SSSR count). The minimum Gasteiger partial charge on any atom is -0.335 e. The Morgan fingerprint density at radius 1 is 1.04 bits per heavy atom. The van der Waals surface area contributed by atoms with Gasteiger partial charge in [-0.2, -0.15) is 0 Å². The molecule has 0 unspecified atom stereocenters. The van der Waals surface area contributed by atoms with Gasteiger partial charge in [-0.15, -0.1) is 11.3 Å². The van der Waals surface area contributed by atoms with Crippen LogP contribution < -0.4 is 0 Å². The first-order valence-electron chi connectivity index (χ1n) is 9.47. The Kier molecular flexibility index (Phi) is 5.30. The zero-order chi connectivity index (χ0) is 17.8. The Morgan fingerprint density at radius 2 is 1.81 bits per heavy atom. The first kappa shape index (κ1) is 17.2. The minimum atomic E-state index is 0.306. The van der Waals surface area contributed by atoms with E-state index in [0.717, 1.165) is 44.2 Å². The average molecular weight is 365 g/mol. The number of para-hydroxylation sites is 1. The van der Waals surface area contributed by atoms with Crippen LogP contribution in [0.3, 0.4) is 0 Å². The highest BCUT2D eigenvalue weighted by Crippen LogP contribution is 2.29. The van der Waals surface area contributed by atoms with Crippen LogP contribution in [-0.4, -0.2) is 21.8 Å². The number of carbonyl (C=O) groups excluding carboxylic acids is 1. The predicted octanol–water partition coefficient (Wildman–Crippen LogP) is 5.20. The van der Waals surface area contributed by atoms with Crippen molar-refractivity contribution in [3.05, 3.63) is 65.2 Å². The second-order valence-corrected chi connectivity index (χ2v) is 8.14. The molecule has 1 amide bonds. The van der Waals surface area contributed by atoms with Gasteiger partial charge in [-0.25, -0.2) is 4.98 Å². The van der Waals surface area contributed by atoms with E-state index in [1.54, 1.807) is 11.3 Å². The van der Waals surface area contributed by atoms with E-state index < -0.39 is 0 Å². The monoisotopic (exact) mass is 364 g/mol. The maximum Gasteiger partial charge on any atom is 0.223 e. The molecular weight excluding hydrogens is 340 g/mol. The second kappa shape index (κ2) is 8.00. The molecular formula is C22H24N2OS. The number of amides is 1. The highest BCUT2D eigenvalue weighted by atomic mass is 32.1. The summed E-state index contributed by atoms with van der Waals surface area (Å²) in [5.74, 6) is 0.306. The summed E-state index contributed by atoms with van der Waals surface area (Å²) in [6.45, 7) is 0.752. The summed E-state index contributed by atoms with van der Waals surface area (Å²) < 4.78 is 1.25. The molecule has 3 aromatic rings. The van der Waals surface area contributed by atoms with Crippen molar-refractivity contribution < 1.29 is 4.79 Å². The molecule has 2 aromatic carbocycles. The first-order chi connectivity index (χ1) is 12.8. The number of unbranched alkanes of at least 4 members (excludes halogenated alkanes) is 1. The summed E-state index contributed by atoms with van der Waals surface area (Å²) in [5, 5.41) is 1.18. The predicted molar refractivity (Wildman–Crippen MR) is 107 cm³/mol. The van der Waals surface area contributed by atoms with Crippen LogP contribution in [0.2, 0.25) is 0 Å². The quantitative estimate of drug-likeness (QED) is 0.515. The molecule has 4 heteroatoms. The highest BCUT2D eigenvalue weighted by Gasteiger charge is 2.32. The van der Waals surface area contributed by atoms with E-state index in [4.69, 9.17) is 0 Å². The van der Waals surface area contributed by atoms with E-state index in [-0.39, 0.29) is 0 Å². The van der Waals surface area contributed by atoms with Gasteiger partial charge >= 0.3 is 0 Å². The van der Waals surface area contributed by atoms with Crippen LogP contribution in [0.4, 0.5) is 0 Å². The number of thiazole rings is 1. The molecule has 1 fully saturated rings. The van der Waals surface area contributed by atoms with Crippen molar-refractivity contribution in [2.24, 2.45) is 0 Å². The summed E-state index contributed by atoms with van der Waals surface area (Å²) in [6.07, 6.45) is 5.89. The van der Waals surface area contributed by atoms with Gasteiger partial charge in [-0.05, 0) is 49.8 Å². The van der Waals surface area contributed by atoms with E-state index >= 15 is 0 Å². The van der Waals surface area contributed by atoms with Crippen molar-refractivity contribution in [3.63, 3.8) is 0 Å². The van der Waals surface area contributed by atoms with Crippen molar-refractivity contribution in [2.75, 3.05) is 0 Å². The van der Waals surface area contributed by atoms with E-state index in [0.29, 0.717) is 18.4 Å². The van der Waals surface area contributed by atoms with Crippen LogP contribution in [0, 0.1) is 0 Å². The summed E-state index contributed by atoms with van der Waals surface area (Å²) in [7, 11) is 0. The second-order valence-electron chi connectivity index (χ2n) is 7.02. The molecule has 26 heavy (non-hydrogen) atoms. The number of fused-ring (bicyclic) bond motifs is 1. The molecule has 1 aromatic heterocycles. The number of hydrogen-bond acceptors (Lipinski definition) is 3. The molecule has 0 saturated heterocycles. The van der Waals surface area contributed by atoms with E-state index in [1.165, 1.54) is 15.3 Å². The van der Waals surface area contributed by atoms with Crippen molar-refractivity contribution in [1.29, 1.82) is 0 Å². The van der Waals surface area contributed by atoms with Crippen LogP contribution in [0.15, 0.2) is 54.6 Å². The lowest BCUT2D eigenvalue weighted by Gasteiger charge is -2.22. The van der Waals surface area contributed by atoms with Gasteiger partial charge in [0.25, 0.3) is 0 Å². The molecule has 0 atom stereocenters. The average Bonchev–Trinajstić information content (AvgIpc) is 3.42. The molecule has 0 radical (unpaired) electrons. The fourth-order valence-electron chi connectivity index (χ4n) is 3.31. The van der Waals surface area contributed by atoms with Crippen molar-refractivity contribution >= 4 is 27.5 Å². The van der Waals surface area contributed by atoms with Gasteiger partial charge in [-0.1, -0.05) is 42.5 Å². The molecule has 0 N–H and O–H groups in total. The van der Waals surface area contributed by atoms with E-state index in [1.807, 2.05) is 24.3 Å². The maximum atomic E-state index is 12.7. The minimum absolute atomic E-state index is 0.306. The van der Waals surface area contributed by atoms with Crippen molar-refractivity contribution in [3.8, 4) is 0 Å². The third-order valence-electron chi connectivity index (χ3n) is 4.87. The Balaban J connectivity index is 1.27. The van der Waals surface area contributed by atoms with Gasteiger partial charge in [-0.3, -0.25) is 4.79 Å². The fraction of sp³-hybridized carbons (Fsp3) is 0.364. The van der Waals surface area contributed by atoms with Crippen molar-refractivity contribution in [2.45, 2.75) is 51.1 Å². The Labute approximate surface area is 158 Å². The molecule has 1 aliphatic rings. The van der Waals surface area contributed by atoms with Crippen LogP contribution in [0.25, 0.3) is 10.2 Å². The number of nitrogens with zero attached hydrogens (tertiary/aromatic N) is 2. The highest BCUT2D eigenvalue weighted by molar-refractivity contribution is 7.18. The molecule has 0 bridgehead atoms. The molecule has 134 valence electrons. The summed E-state index contributed by atoms with van der Waals surface area (Å²) >= 11 is 1.77. The number of hydrogen-bond donors (Lipinski definition) is 0. The normalized spacial score (nSPS) is 13.8. The third kappa shape index (κ3) is 4.31. The zero-order valence-corrected chi connectivity index (χ0v) is 15.8. The first-order valence-corrected chi connectivity index (χ1v) is 10.3. The van der Waals surface area contributed by atoms with Crippen LogP contribution >= 0.6 is 11.3 Å². The topological polar surface area (TPSA) is 33.2 Å². The molecule has 3 nitrogen and oxygen atoms in total. The SMILES string of the molecule is O=C(CCCCc1nc2ccccc2s1)N(Cc1ccccc1)C1CC1. The van der Waals surface area contributed by atoms with Gasteiger partial charge in [0.1, 0.15) is 0 Å². The van der Waals surface area contributed by atoms with E-state index in [9.17, 15) is 4.79 Å². The van der Waals surface area contributed by atoms with E-state index in [2.05, 4.69) is 40.2 Å². The molecule has 0 aliphatic heterocycles. The number of carbonyl (C=O) groups is 1. The number of benzene rings is 2. The smallest absolute Gasteiger partial charge is 0.223 e. The number of aromatic nitrogens is 1. The van der Waals surface area contributed by atoms with Gasteiger partial charge in [0, 0.05) is 19.0 Å². The Bertz CT molecular complexity index is 837. The fourth-order valence-corrected chi connectivity index (χ4v) is 4.32. The Morgan fingerprint density at radius 3 is 2.58 bits per heavy atom. The van der Waals surface area contributed by atoms with Crippen LogP contribution in [0.1, 0.15) is 42.7 Å². The summed E-state index contributed by atoms with van der Waals surface area (Å²) in [4.78, 5) is 19.5. The van der Waals surface area contributed by atoms with Crippen LogP contribution in [0.5, 0.6) is 0 Å². The zero-order valence-electron chi connectivity index (χ0n) is 14.9. The largest absolute Gasteiger partial charge is 0.335 e. The Hall–Kier alpha value is -2.20. The lowest BCUT2D eigenvalue weighted by Crippen LogP contribution is -2.32. The summed E-state index contributed by atoms with van der Waals surface area (Å²) in [6, 6.07) is 19.1. The van der Waals surface area contributed by atoms with Gasteiger partial charge in [0.2, 0.25) is 5.91 Å². The molecule has 1 heterocycles. The summed E-state index contributed by atoms with van der Waals surface area (Å²) in [5.41, 5.74) is 2.31. The number of aryl methyl sites for hydroxylation is 1. The molecule has 1 aliphatic carbocycles. The lowest BCUT2D eigenvalue weighted by molar-refractivity contribution is -0.132. The number of rotatable bonds is 8. The standard InChI is InChI=1S/C22H24N2OS/c25-22(24(18-14-15-18)16-17-8-2-1-3-9-17)13-7-6-12-21-23-19-10-4-5-11-20(19)26-21/h1-5,8-11,18H,6-7,12-16H2. The molecule has 0 spiro atoms. The van der Waals surface area contributed by atoms with Crippen LogP contribution in [-0.2, 0) is 17.8 Å². The van der Waals surface area contributed by atoms with Gasteiger partial charge in [0.15, 0.2) is 0 Å². The van der Waals surface area contributed by atoms with Crippen molar-refractivity contribution in [1.82, 2.24) is 9.88 Å². The third-order valence-corrected chi connectivity index (χ3v) is 5.97. The maximum absolute atomic E-state index is 12.7. The van der Waals surface area contributed by atoms with Gasteiger partial charge < -0.3 is 4.90 Å². The molecule has 1 saturated carbocycles. The lowest BCUT2D eigenvalue weighted by atomic mass is 10.1. The van der Waals surface area contributed by atoms with Gasteiger partial charge in [0.05, 0.1) is 15.2 Å².